The highest BCUT2D eigenvalue weighted by Gasteiger charge is 2.51. The lowest BCUT2D eigenvalue weighted by Gasteiger charge is -2.29. The van der Waals surface area contributed by atoms with Gasteiger partial charge in [-0.2, -0.15) is 0 Å². The Balaban J connectivity index is 0.00000222. The molecular formula is C25H36N2O8S. The van der Waals surface area contributed by atoms with Crippen molar-refractivity contribution in [1.29, 1.82) is 0 Å². The van der Waals surface area contributed by atoms with E-state index >= 15 is 0 Å². The first-order valence-corrected chi connectivity index (χ1v) is 13.2. The van der Waals surface area contributed by atoms with Crippen LogP contribution in [0.5, 0.6) is 11.5 Å². The lowest BCUT2D eigenvalue weighted by Crippen LogP contribution is -2.48. The fraction of sp³-hybridized carbons (Fsp3) is 0.480. The number of methoxy groups -OCH3 is 1. The first kappa shape index (κ1) is 29.5. The van der Waals surface area contributed by atoms with Crippen LogP contribution in [-0.2, 0) is 25.8 Å². The molecule has 2 aromatic carbocycles. The van der Waals surface area contributed by atoms with Gasteiger partial charge in [-0.3, -0.25) is 9.69 Å². The first-order chi connectivity index (χ1) is 17.3. The summed E-state index contributed by atoms with van der Waals surface area (Å²) in [4.78, 5) is 14.7. The van der Waals surface area contributed by atoms with Crippen LogP contribution < -0.4 is 15.4 Å². The minimum absolute atomic E-state index is 0.00546. The molecule has 1 aliphatic rings. The summed E-state index contributed by atoms with van der Waals surface area (Å²) in [6.07, 6.45) is 0.261. The molecule has 1 fully saturated rings. The predicted octanol–water partition coefficient (Wildman–Crippen LogP) is 2.38. The molecule has 0 radical (unpaired) electrons. The number of carboxylic acids is 1. The second kappa shape index (κ2) is 14.1. The number of hydrogen-bond donors (Lipinski definition) is 3. The Kier molecular flexibility index (Phi) is 11.6. The number of rotatable bonds is 12. The molecule has 1 unspecified atom stereocenters. The topological polar surface area (TPSA) is 149 Å². The van der Waals surface area contributed by atoms with Gasteiger partial charge in [-0.15, -0.1) is 0 Å². The average molecular weight is 525 g/mol. The van der Waals surface area contributed by atoms with Crippen LogP contribution in [0.25, 0.3) is 0 Å². The Morgan fingerprint density at radius 3 is 2.17 bits per heavy atom. The molecule has 1 aliphatic heterocycles. The second-order valence-electron chi connectivity index (χ2n) is 8.35. The molecule has 10 nitrogen and oxygen atoms in total. The number of ether oxygens (including phenoxy) is 3. The van der Waals surface area contributed by atoms with Gasteiger partial charge in [0.2, 0.25) is 0 Å². The van der Waals surface area contributed by atoms with Gasteiger partial charge in [0, 0.05) is 26.1 Å². The third-order valence-corrected chi connectivity index (χ3v) is 8.57. The standard InChI is InChI=1S/C25H33NO7S.H3NO/c1-3-12-25(24(27)28,34(29,30)23-10-8-21(31-2)9-11-23)19-20-4-6-22(7-5-20)33-18-15-26-13-16-32-17-14-26;1-2/h4-11H,3,12-19H2,1-2H3,(H,27,28);2H,1H2. The van der Waals surface area contributed by atoms with Gasteiger partial charge in [-0.1, -0.05) is 25.5 Å². The fourth-order valence-corrected chi connectivity index (χ4v) is 6.16. The quantitative estimate of drug-likeness (QED) is 0.353. The van der Waals surface area contributed by atoms with Crippen LogP contribution in [0.4, 0.5) is 0 Å². The van der Waals surface area contributed by atoms with Crippen molar-refractivity contribution in [2.75, 3.05) is 46.6 Å². The third kappa shape index (κ3) is 7.17. The van der Waals surface area contributed by atoms with Gasteiger partial charge in [0.25, 0.3) is 0 Å². The summed E-state index contributed by atoms with van der Waals surface area (Å²) in [5.74, 6) is 3.31. The van der Waals surface area contributed by atoms with Crippen molar-refractivity contribution < 1.29 is 37.7 Å². The molecule has 1 atom stereocenters. The summed E-state index contributed by atoms with van der Waals surface area (Å²) in [7, 11) is -2.70. The molecule has 0 spiro atoms. The molecule has 36 heavy (non-hydrogen) atoms. The molecule has 0 saturated carbocycles. The van der Waals surface area contributed by atoms with E-state index in [0.717, 1.165) is 32.8 Å². The molecule has 0 aromatic heterocycles. The molecular weight excluding hydrogens is 488 g/mol. The summed E-state index contributed by atoms with van der Waals surface area (Å²) in [6.45, 7) is 6.35. The maximum Gasteiger partial charge on any atom is 0.325 e. The monoisotopic (exact) mass is 524 g/mol. The SMILES string of the molecule is CCCC(Cc1ccc(OCCN2CCOCC2)cc1)(C(=O)O)S(=O)(=O)c1ccc(OC)cc1.NO. The van der Waals surface area contributed by atoms with Gasteiger partial charge >= 0.3 is 5.97 Å². The largest absolute Gasteiger partial charge is 0.497 e. The van der Waals surface area contributed by atoms with E-state index in [4.69, 9.17) is 19.4 Å². The number of hydrogen-bond acceptors (Lipinski definition) is 9. The minimum atomic E-state index is -4.19. The lowest BCUT2D eigenvalue weighted by molar-refractivity contribution is -0.140. The van der Waals surface area contributed by atoms with E-state index in [1.807, 2.05) is 0 Å². The highest BCUT2D eigenvalue weighted by molar-refractivity contribution is 7.93. The Morgan fingerprint density at radius 2 is 1.64 bits per heavy atom. The third-order valence-electron chi connectivity index (χ3n) is 6.12. The fourth-order valence-electron chi connectivity index (χ4n) is 4.15. The zero-order valence-corrected chi connectivity index (χ0v) is 21.6. The maximum absolute atomic E-state index is 13.6. The maximum atomic E-state index is 13.6. The van der Waals surface area contributed by atoms with Crippen LogP contribution in [0.1, 0.15) is 25.3 Å². The Labute approximate surface area is 212 Å². The zero-order chi connectivity index (χ0) is 26.6. The summed E-state index contributed by atoms with van der Waals surface area (Å²) in [5, 5.41) is 16.7. The smallest absolute Gasteiger partial charge is 0.325 e. The van der Waals surface area contributed by atoms with Crippen LogP contribution >= 0.6 is 0 Å². The number of benzene rings is 2. The molecule has 11 heteroatoms. The zero-order valence-electron chi connectivity index (χ0n) is 20.8. The van der Waals surface area contributed by atoms with Crippen molar-refractivity contribution in [2.45, 2.75) is 35.8 Å². The van der Waals surface area contributed by atoms with Crippen molar-refractivity contribution in [3.8, 4) is 11.5 Å². The first-order valence-electron chi connectivity index (χ1n) is 11.7. The predicted molar refractivity (Wildman–Crippen MR) is 134 cm³/mol. The molecule has 0 bridgehead atoms. The number of nitrogens with two attached hydrogens (primary N) is 1. The van der Waals surface area contributed by atoms with E-state index in [2.05, 4.69) is 10.8 Å². The number of nitrogens with zero attached hydrogens (tertiary/aromatic N) is 1. The van der Waals surface area contributed by atoms with Gasteiger partial charge in [0.15, 0.2) is 14.6 Å². The van der Waals surface area contributed by atoms with Crippen molar-refractivity contribution in [1.82, 2.24) is 4.90 Å². The molecule has 1 heterocycles. The minimum Gasteiger partial charge on any atom is -0.497 e. The van der Waals surface area contributed by atoms with E-state index in [0.29, 0.717) is 30.1 Å². The van der Waals surface area contributed by atoms with Gasteiger partial charge in [0.05, 0.1) is 25.2 Å². The molecule has 4 N–H and O–H groups in total. The normalized spacial score (nSPS) is 15.8. The number of carboxylic acid groups (broad SMARTS) is 1. The summed E-state index contributed by atoms with van der Waals surface area (Å²) in [6, 6.07) is 12.8. The van der Waals surface area contributed by atoms with Crippen molar-refractivity contribution >= 4 is 15.8 Å². The van der Waals surface area contributed by atoms with E-state index < -0.39 is 20.6 Å². The van der Waals surface area contributed by atoms with Crippen molar-refractivity contribution in [2.24, 2.45) is 5.90 Å². The average Bonchev–Trinajstić information content (AvgIpc) is 2.91. The summed E-state index contributed by atoms with van der Waals surface area (Å²) < 4.78 is 41.5. The highest BCUT2D eigenvalue weighted by atomic mass is 32.2. The number of morpholine rings is 1. The lowest BCUT2D eigenvalue weighted by atomic mass is 9.94. The number of aliphatic carboxylic acids is 1. The Hall–Kier alpha value is -2.70. The molecule has 0 aliphatic carbocycles. The van der Waals surface area contributed by atoms with Crippen molar-refractivity contribution in [3.63, 3.8) is 0 Å². The highest BCUT2D eigenvalue weighted by Crippen LogP contribution is 2.35. The van der Waals surface area contributed by atoms with E-state index in [1.165, 1.54) is 31.4 Å². The van der Waals surface area contributed by atoms with E-state index in [9.17, 15) is 18.3 Å². The van der Waals surface area contributed by atoms with Gasteiger partial charge in [-0.25, -0.2) is 14.3 Å². The van der Waals surface area contributed by atoms with Crippen LogP contribution in [0, 0.1) is 0 Å². The van der Waals surface area contributed by atoms with Gasteiger partial charge in [-0.05, 0) is 48.4 Å². The van der Waals surface area contributed by atoms with Gasteiger partial charge in [0.1, 0.15) is 18.1 Å². The molecule has 2 aromatic rings. The van der Waals surface area contributed by atoms with Gasteiger partial charge < -0.3 is 24.5 Å². The molecule has 0 amide bonds. The summed E-state index contributed by atoms with van der Waals surface area (Å²) >= 11 is 0. The summed E-state index contributed by atoms with van der Waals surface area (Å²) in [5.41, 5.74) is 0.619. The van der Waals surface area contributed by atoms with E-state index in [1.54, 1.807) is 31.2 Å². The van der Waals surface area contributed by atoms with Crippen LogP contribution in [-0.4, -0.2) is 80.9 Å². The van der Waals surface area contributed by atoms with Crippen LogP contribution in [0.2, 0.25) is 0 Å². The molecule has 200 valence electrons. The Morgan fingerprint density at radius 1 is 1.06 bits per heavy atom. The molecule has 3 rings (SSSR count). The Bertz CT molecular complexity index is 1040. The van der Waals surface area contributed by atoms with E-state index in [-0.39, 0.29) is 17.7 Å². The second-order valence-corrected chi connectivity index (χ2v) is 10.6. The number of sulfone groups is 1. The van der Waals surface area contributed by atoms with Crippen LogP contribution in [0.15, 0.2) is 53.4 Å². The molecule has 1 saturated heterocycles. The number of carbonyl (C=O) groups is 1. The van der Waals surface area contributed by atoms with Crippen LogP contribution in [0.3, 0.4) is 0 Å². The van der Waals surface area contributed by atoms with Crippen molar-refractivity contribution in [3.05, 3.63) is 54.1 Å².